The molecule has 2 heteroatoms. The van der Waals surface area contributed by atoms with Gasteiger partial charge in [0, 0.05) is 0 Å². The van der Waals surface area contributed by atoms with Gasteiger partial charge in [0.1, 0.15) is 0 Å². The molecule has 0 aromatic rings. The highest BCUT2D eigenvalue weighted by molar-refractivity contribution is 6.12. The fourth-order valence-corrected chi connectivity index (χ4v) is 0. The Kier molecular flexibility index (Phi) is 2.65. The molecule has 0 aromatic heterocycles. The van der Waals surface area contributed by atoms with Gasteiger partial charge in [-0.3, -0.25) is 0 Å². The first kappa shape index (κ1) is 3.80. The minimum atomic E-state index is 0.140. The molecular formula is C2H4OSi. The molecular weight excluding hydrogens is 68.1 g/mol. The molecule has 0 aliphatic rings. The van der Waals surface area contributed by atoms with Crippen LogP contribution in [-0.4, -0.2) is 16.3 Å². The average molecular weight is 72.1 g/mol. The van der Waals surface area contributed by atoms with E-state index in [1.54, 1.807) is 7.11 Å². The number of hydrogen-bond donors (Lipinski definition) is 0. The first-order valence-corrected chi connectivity index (χ1v) is 1.89. The van der Waals surface area contributed by atoms with Gasteiger partial charge in [-0.05, 0) is 0 Å². The highest BCUT2D eigenvalue weighted by Crippen LogP contribution is 1.30. The lowest BCUT2D eigenvalue weighted by Gasteiger charge is -1.67. The largest absolute Gasteiger partial charge is 0.508 e. The van der Waals surface area contributed by atoms with Crippen molar-refractivity contribution in [1.29, 1.82) is 0 Å². The Morgan fingerprint density at radius 2 is 2.25 bits per heavy atom. The lowest BCUT2D eigenvalue weighted by molar-refractivity contribution is 0.457. The summed E-state index contributed by atoms with van der Waals surface area (Å²) in [5.41, 5.74) is 0. The predicted molar refractivity (Wildman–Crippen MR) is 17.7 cm³/mol. The molecule has 1 nitrogen and oxygen atoms in total. The van der Waals surface area contributed by atoms with Gasteiger partial charge in [-0.15, -0.1) is 6.00 Å². The van der Waals surface area contributed by atoms with Crippen LogP contribution < -0.4 is 0 Å². The van der Waals surface area contributed by atoms with E-state index in [9.17, 15) is 0 Å². The van der Waals surface area contributed by atoms with Gasteiger partial charge in [-0.25, -0.2) is 0 Å². The van der Waals surface area contributed by atoms with Crippen LogP contribution in [0.2, 0.25) is 0 Å². The zero-order valence-electron chi connectivity index (χ0n) is 2.49. The van der Waals surface area contributed by atoms with Crippen molar-refractivity contribution < 1.29 is 4.43 Å². The van der Waals surface area contributed by atoms with E-state index < -0.39 is 0 Å². The maximum absolute atomic E-state index is 4.83. The monoisotopic (exact) mass is 72.0 g/mol. The van der Waals surface area contributed by atoms with E-state index in [-0.39, 0.29) is 9.20 Å². The molecule has 4 heavy (non-hydrogen) atoms. The Bertz CT molecular complexity index is 35.8. The Balaban J connectivity index is 2.43. The quantitative estimate of drug-likeness (QED) is 0.361. The zero-order chi connectivity index (χ0) is 3.41. The summed E-state index contributed by atoms with van der Waals surface area (Å²) in [6.45, 7) is 0. The van der Waals surface area contributed by atoms with Crippen LogP contribution in [0.25, 0.3) is 0 Å². The summed E-state index contributed by atoms with van der Waals surface area (Å²) in [6, 6.07) is 4.83. The van der Waals surface area contributed by atoms with Crippen LogP contribution in [0.1, 0.15) is 0 Å². The summed E-state index contributed by atoms with van der Waals surface area (Å²) in [4.78, 5) is 0. The lowest BCUT2D eigenvalue weighted by atomic mass is 11.8. The second kappa shape index (κ2) is 2.80. The first-order valence-electron chi connectivity index (χ1n) is 0.901. The maximum Gasteiger partial charge on any atom is 0.239 e. The third-order valence-electron chi connectivity index (χ3n) is 0.118. The van der Waals surface area contributed by atoms with Crippen molar-refractivity contribution in [3.05, 3.63) is 0 Å². The topological polar surface area (TPSA) is 9.23 Å². The van der Waals surface area contributed by atoms with Crippen LogP contribution in [0.3, 0.4) is 0 Å². The SMILES string of the molecule is C#[Si]OC. The van der Waals surface area contributed by atoms with Crippen LogP contribution in [0.5, 0.6) is 0 Å². The van der Waals surface area contributed by atoms with E-state index >= 15 is 0 Å². The van der Waals surface area contributed by atoms with Gasteiger partial charge >= 0.3 is 0 Å². The van der Waals surface area contributed by atoms with E-state index in [0.29, 0.717) is 0 Å². The molecule has 0 aromatic carbocycles. The van der Waals surface area contributed by atoms with Crippen molar-refractivity contribution in [2.24, 2.45) is 0 Å². The Morgan fingerprint density at radius 3 is 2.25 bits per heavy atom. The number of rotatable bonds is 0. The smallest absolute Gasteiger partial charge is 0.239 e. The van der Waals surface area contributed by atoms with Crippen molar-refractivity contribution in [3.8, 4) is 6.00 Å². The summed E-state index contributed by atoms with van der Waals surface area (Å²) in [6.07, 6.45) is 0. The molecule has 0 aliphatic heterocycles. The molecule has 0 saturated carbocycles. The Labute approximate surface area is 27.8 Å². The normalized spacial score (nSPS) is 4.00. The molecule has 0 fully saturated rings. The fraction of sp³-hybridized carbons (Fsp3) is 0.500. The highest BCUT2D eigenvalue weighted by atomic mass is 28.2. The molecule has 0 heterocycles. The van der Waals surface area contributed by atoms with Gasteiger partial charge in [-0.1, -0.05) is 0 Å². The van der Waals surface area contributed by atoms with Crippen LogP contribution in [0, 0.1) is 6.00 Å². The second-order valence-corrected chi connectivity index (χ2v) is 0.966. The summed E-state index contributed by atoms with van der Waals surface area (Å²) >= 11 is 0. The third kappa shape index (κ3) is 1.80. The van der Waals surface area contributed by atoms with Crippen molar-refractivity contribution in [1.82, 2.24) is 0 Å². The summed E-state index contributed by atoms with van der Waals surface area (Å²) in [7, 11) is 1.71. The molecule has 22 valence electrons. The van der Waals surface area contributed by atoms with E-state index in [4.69, 9.17) is 6.00 Å². The van der Waals surface area contributed by atoms with Gasteiger partial charge in [-0.2, -0.15) is 0 Å². The van der Waals surface area contributed by atoms with E-state index in [1.165, 1.54) is 0 Å². The van der Waals surface area contributed by atoms with Gasteiger partial charge in [0.15, 0.2) is 0 Å². The maximum atomic E-state index is 4.83. The minimum Gasteiger partial charge on any atom is -0.508 e. The van der Waals surface area contributed by atoms with E-state index in [1.807, 2.05) is 0 Å². The molecule has 0 bridgehead atoms. The highest BCUT2D eigenvalue weighted by Gasteiger charge is 1.37. The van der Waals surface area contributed by atoms with Crippen LogP contribution in [-0.2, 0) is 4.43 Å². The standard InChI is InChI=1S/C2H4OSi/c1-3-4-2/h2H,1H3. The molecule has 0 aliphatic carbocycles. The first-order chi connectivity index (χ1) is 1.91. The molecule has 0 amide bonds. The molecule has 0 unspecified atom stereocenters. The predicted octanol–water partition coefficient (Wildman–Crippen LogP) is -0.159. The molecule has 0 atom stereocenters. The van der Waals surface area contributed by atoms with Crippen LogP contribution in [0.4, 0.5) is 0 Å². The van der Waals surface area contributed by atoms with Crippen molar-refractivity contribution in [3.63, 3.8) is 0 Å². The summed E-state index contributed by atoms with van der Waals surface area (Å²) in [5, 5.41) is 0. The number of hydrogen-bond acceptors (Lipinski definition) is 1. The minimum absolute atomic E-state index is 0.140. The van der Waals surface area contributed by atoms with Gasteiger partial charge in [0.25, 0.3) is 0 Å². The summed E-state index contributed by atoms with van der Waals surface area (Å²) < 4.78 is 4.35. The molecule has 0 saturated heterocycles. The van der Waals surface area contributed by atoms with Gasteiger partial charge in [0.2, 0.25) is 9.20 Å². The second-order valence-electron chi connectivity index (χ2n) is 0.322. The average Bonchev–Trinajstić information content (AvgIpc) is 1.37. The Morgan fingerprint density at radius 1 is 2.00 bits per heavy atom. The lowest BCUT2D eigenvalue weighted by Crippen LogP contribution is -1.67. The van der Waals surface area contributed by atoms with E-state index in [0.717, 1.165) is 0 Å². The van der Waals surface area contributed by atoms with E-state index in [2.05, 4.69) is 4.43 Å². The van der Waals surface area contributed by atoms with Gasteiger partial charge in [0.05, 0.1) is 7.11 Å². The van der Waals surface area contributed by atoms with Crippen molar-refractivity contribution >= 4 is 9.20 Å². The van der Waals surface area contributed by atoms with Crippen LogP contribution in [0.15, 0.2) is 0 Å². The van der Waals surface area contributed by atoms with Crippen molar-refractivity contribution in [2.75, 3.05) is 7.11 Å². The Hall–Kier alpha value is -0.203. The van der Waals surface area contributed by atoms with Gasteiger partial charge < -0.3 is 4.43 Å². The molecule has 0 spiro atoms. The fourth-order valence-electron chi connectivity index (χ4n) is 0. The third-order valence-corrected chi connectivity index (χ3v) is 0.354. The molecule has 0 rings (SSSR count). The molecule has 0 N–H and O–H groups in total. The van der Waals surface area contributed by atoms with Crippen LogP contribution >= 0.6 is 0 Å². The summed E-state index contributed by atoms with van der Waals surface area (Å²) in [5.74, 6) is 0. The molecule has 0 radical (unpaired) electrons. The zero-order valence-corrected chi connectivity index (χ0v) is 3.49. The van der Waals surface area contributed by atoms with Crippen molar-refractivity contribution in [2.45, 2.75) is 0 Å².